The maximum absolute atomic E-state index is 11.1. The van der Waals surface area contributed by atoms with E-state index >= 15 is 0 Å². The lowest BCUT2D eigenvalue weighted by Gasteiger charge is -2.11. The Morgan fingerprint density at radius 1 is 1.62 bits per heavy atom. The highest BCUT2D eigenvalue weighted by molar-refractivity contribution is 5.86. The Morgan fingerprint density at radius 3 is 2.88 bits per heavy atom. The van der Waals surface area contributed by atoms with Crippen molar-refractivity contribution in [3.05, 3.63) is 11.4 Å². The highest BCUT2D eigenvalue weighted by Crippen LogP contribution is 2.34. The molecular formula is C10H16N4O2. The minimum absolute atomic E-state index is 0.115. The normalized spacial score (nSPS) is 24.9. The SMILES string of the molecule is CC1CCC(n2nnc(CN)c2C(=O)O)C1. The number of hydrogen-bond acceptors (Lipinski definition) is 4. The average Bonchev–Trinajstić information content (AvgIpc) is 2.82. The van der Waals surface area contributed by atoms with Crippen molar-refractivity contribution in [3.63, 3.8) is 0 Å². The van der Waals surface area contributed by atoms with Crippen molar-refractivity contribution in [3.8, 4) is 0 Å². The molecule has 1 aromatic rings. The lowest BCUT2D eigenvalue weighted by molar-refractivity contribution is 0.0678. The standard InChI is InChI=1S/C10H16N4O2/c1-6-2-3-7(4-6)14-9(10(15)16)8(5-11)12-13-14/h6-7H,2-5,11H2,1H3,(H,15,16). The van der Waals surface area contributed by atoms with E-state index in [4.69, 9.17) is 10.8 Å². The summed E-state index contributed by atoms with van der Waals surface area (Å²) in [6.07, 6.45) is 3.05. The topological polar surface area (TPSA) is 94.0 Å². The summed E-state index contributed by atoms with van der Waals surface area (Å²) in [5.41, 5.74) is 5.97. The van der Waals surface area contributed by atoms with Gasteiger partial charge in [0.2, 0.25) is 0 Å². The lowest BCUT2D eigenvalue weighted by atomic mass is 10.1. The van der Waals surface area contributed by atoms with Gasteiger partial charge >= 0.3 is 5.97 Å². The number of nitrogens with two attached hydrogens (primary N) is 1. The number of aromatic nitrogens is 3. The second kappa shape index (κ2) is 4.21. The molecule has 0 aliphatic heterocycles. The van der Waals surface area contributed by atoms with Gasteiger partial charge < -0.3 is 10.8 Å². The van der Waals surface area contributed by atoms with Crippen LogP contribution < -0.4 is 5.73 Å². The molecule has 2 atom stereocenters. The molecule has 1 heterocycles. The maximum atomic E-state index is 11.1. The van der Waals surface area contributed by atoms with Gasteiger partial charge in [-0.2, -0.15) is 0 Å². The fourth-order valence-corrected chi connectivity index (χ4v) is 2.34. The van der Waals surface area contributed by atoms with Gasteiger partial charge in [-0.25, -0.2) is 9.48 Å². The summed E-state index contributed by atoms with van der Waals surface area (Å²) in [6.45, 7) is 2.28. The van der Waals surface area contributed by atoms with E-state index in [1.807, 2.05) is 0 Å². The van der Waals surface area contributed by atoms with E-state index in [9.17, 15) is 4.79 Å². The van der Waals surface area contributed by atoms with Crippen molar-refractivity contribution < 1.29 is 9.90 Å². The first-order chi connectivity index (χ1) is 7.63. The zero-order chi connectivity index (χ0) is 11.7. The number of rotatable bonds is 3. The van der Waals surface area contributed by atoms with Crippen LogP contribution in [0.3, 0.4) is 0 Å². The molecule has 2 unspecified atom stereocenters. The fraction of sp³-hybridized carbons (Fsp3) is 0.700. The van der Waals surface area contributed by atoms with E-state index in [0.717, 1.165) is 19.3 Å². The molecule has 1 fully saturated rings. The monoisotopic (exact) mass is 224 g/mol. The highest BCUT2D eigenvalue weighted by atomic mass is 16.4. The predicted octanol–water partition coefficient (Wildman–Crippen LogP) is 0.796. The molecule has 0 bridgehead atoms. The van der Waals surface area contributed by atoms with E-state index in [0.29, 0.717) is 11.6 Å². The summed E-state index contributed by atoms with van der Waals surface area (Å²) >= 11 is 0. The Labute approximate surface area is 93.4 Å². The Balaban J connectivity index is 2.33. The number of hydrogen-bond donors (Lipinski definition) is 2. The Morgan fingerprint density at radius 2 is 2.38 bits per heavy atom. The quantitative estimate of drug-likeness (QED) is 0.791. The molecule has 1 saturated carbocycles. The van der Waals surface area contributed by atoms with E-state index in [-0.39, 0.29) is 18.3 Å². The second-order valence-electron chi connectivity index (χ2n) is 4.41. The van der Waals surface area contributed by atoms with Gasteiger partial charge in [-0.15, -0.1) is 5.10 Å². The molecule has 2 rings (SSSR count). The van der Waals surface area contributed by atoms with Crippen molar-refractivity contribution >= 4 is 5.97 Å². The molecule has 0 radical (unpaired) electrons. The van der Waals surface area contributed by atoms with Gasteiger partial charge in [-0.3, -0.25) is 0 Å². The van der Waals surface area contributed by atoms with Crippen LogP contribution in [0.25, 0.3) is 0 Å². The summed E-state index contributed by atoms with van der Waals surface area (Å²) in [5, 5.41) is 16.9. The summed E-state index contributed by atoms with van der Waals surface area (Å²) in [6, 6.07) is 0.161. The Bertz CT molecular complexity index is 402. The summed E-state index contributed by atoms with van der Waals surface area (Å²) in [7, 11) is 0. The molecule has 0 amide bonds. The zero-order valence-corrected chi connectivity index (χ0v) is 9.26. The smallest absolute Gasteiger partial charge is 0.356 e. The van der Waals surface area contributed by atoms with Crippen molar-refractivity contribution in [2.24, 2.45) is 11.7 Å². The molecule has 0 aromatic carbocycles. The van der Waals surface area contributed by atoms with Crippen LogP contribution in [0.15, 0.2) is 0 Å². The number of nitrogens with zero attached hydrogens (tertiary/aromatic N) is 3. The van der Waals surface area contributed by atoms with Gasteiger partial charge in [-0.1, -0.05) is 12.1 Å². The van der Waals surface area contributed by atoms with Crippen LogP contribution >= 0.6 is 0 Å². The van der Waals surface area contributed by atoms with E-state index in [1.165, 1.54) is 4.68 Å². The predicted molar refractivity (Wildman–Crippen MR) is 56.9 cm³/mol. The molecule has 6 heteroatoms. The lowest BCUT2D eigenvalue weighted by Crippen LogP contribution is -2.16. The van der Waals surface area contributed by atoms with Gasteiger partial charge in [-0.05, 0) is 25.2 Å². The summed E-state index contributed by atoms with van der Waals surface area (Å²) in [4.78, 5) is 11.1. The molecule has 1 aliphatic rings. The van der Waals surface area contributed by atoms with Crippen molar-refractivity contribution in [1.29, 1.82) is 0 Å². The summed E-state index contributed by atoms with van der Waals surface area (Å²) in [5.74, 6) is -0.373. The van der Waals surface area contributed by atoms with Gasteiger partial charge in [0.05, 0.1) is 6.04 Å². The Kier molecular flexibility index (Phi) is 2.91. The third-order valence-electron chi connectivity index (χ3n) is 3.17. The molecule has 88 valence electrons. The Hall–Kier alpha value is -1.43. The third-order valence-corrected chi connectivity index (χ3v) is 3.17. The van der Waals surface area contributed by atoms with Gasteiger partial charge in [0.15, 0.2) is 5.69 Å². The van der Waals surface area contributed by atoms with Crippen LogP contribution in [0.2, 0.25) is 0 Å². The first-order valence-corrected chi connectivity index (χ1v) is 5.51. The molecule has 0 spiro atoms. The largest absolute Gasteiger partial charge is 0.476 e. The van der Waals surface area contributed by atoms with E-state index in [1.54, 1.807) is 0 Å². The molecule has 0 saturated heterocycles. The molecule has 6 nitrogen and oxygen atoms in total. The number of carbonyl (C=O) groups is 1. The average molecular weight is 224 g/mol. The van der Waals surface area contributed by atoms with Crippen LogP contribution in [0.5, 0.6) is 0 Å². The van der Waals surface area contributed by atoms with Crippen LogP contribution in [-0.2, 0) is 6.54 Å². The van der Waals surface area contributed by atoms with Gasteiger partial charge in [0.25, 0.3) is 0 Å². The molecule has 1 aromatic heterocycles. The first-order valence-electron chi connectivity index (χ1n) is 5.51. The maximum Gasteiger partial charge on any atom is 0.356 e. The van der Waals surface area contributed by atoms with Crippen LogP contribution in [-0.4, -0.2) is 26.1 Å². The van der Waals surface area contributed by atoms with Crippen LogP contribution in [0, 0.1) is 5.92 Å². The van der Waals surface area contributed by atoms with Crippen molar-refractivity contribution in [2.45, 2.75) is 38.8 Å². The number of aromatic carboxylic acids is 1. The van der Waals surface area contributed by atoms with Crippen LogP contribution in [0.1, 0.15) is 48.4 Å². The van der Waals surface area contributed by atoms with Crippen molar-refractivity contribution in [1.82, 2.24) is 15.0 Å². The summed E-state index contributed by atoms with van der Waals surface area (Å²) < 4.78 is 1.54. The van der Waals surface area contributed by atoms with E-state index in [2.05, 4.69) is 17.2 Å². The van der Waals surface area contributed by atoms with E-state index < -0.39 is 5.97 Å². The number of carboxylic acid groups (broad SMARTS) is 1. The first kappa shape index (κ1) is 11.1. The molecule has 3 N–H and O–H groups in total. The highest BCUT2D eigenvalue weighted by Gasteiger charge is 2.29. The zero-order valence-electron chi connectivity index (χ0n) is 9.26. The number of carboxylic acids is 1. The minimum Gasteiger partial charge on any atom is -0.476 e. The van der Waals surface area contributed by atoms with Crippen LogP contribution in [0.4, 0.5) is 0 Å². The fourth-order valence-electron chi connectivity index (χ4n) is 2.34. The van der Waals surface area contributed by atoms with Gasteiger partial charge in [0, 0.05) is 6.54 Å². The molecule has 16 heavy (non-hydrogen) atoms. The van der Waals surface area contributed by atoms with Crippen molar-refractivity contribution in [2.75, 3.05) is 0 Å². The molecule has 1 aliphatic carbocycles. The minimum atomic E-state index is -0.995. The third kappa shape index (κ3) is 1.80. The van der Waals surface area contributed by atoms with Gasteiger partial charge in [0.1, 0.15) is 5.69 Å². The molecular weight excluding hydrogens is 208 g/mol. The second-order valence-corrected chi connectivity index (χ2v) is 4.41.